The average molecular weight is 394 g/mol. The van der Waals surface area contributed by atoms with E-state index in [1.165, 1.54) is 23.2 Å². The molecule has 3 rings (SSSR count). The van der Waals surface area contributed by atoms with Crippen molar-refractivity contribution in [1.82, 2.24) is 9.78 Å². The molecule has 1 aliphatic heterocycles. The fourth-order valence-electron chi connectivity index (χ4n) is 3.16. The van der Waals surface area contributed by atoms with E-state index in [4.69, 9.17) is 11.6 Å². The number of halogens is 2. The van der Waals surface area contributed by atoms with Crippen LogP contribution in [0.4, 0.5) is 10.1 Å². The lowest BCUT2D eigenvalue weighted by molar-refractivity contribution is -0.147. The summed E-state index contributed by atoms with van der Waals surface area (Å²) >= 11 is 5.74. The zero-order valence-corrected chi connectivity index (χ0v) is 15.9. The predicted molar refractivity (Wildman–Crippen MR) is 99.3 cm³/mol. The number of rotatable bonds is 6. The van der Waals surface area contributed by atoms with Crippen LogP contribution in [0.3, 0.4) is 0 Å². The van der Waals surface area contributed by atoms with Crippen molar-refractivity contribution in [2.45, 2.75) is 44.8 Å². The maximum absolute atomic E-state index is 14.0. The van der Waals surface area contributed by atoms with Gasteiger partial charge in [-0.05, 0) is 31.9 Å². The quantitative estimate of drug-likeness (QED) is 0.765. The van der Waals surface area contributed by atoms with Crippen LogP contribution in [-0.2, 0) is 16.0 Å². The van der Waals surface area contributed by atoms with Crippen LogP contribution < -0.4 is 4.90 Å². The Morgan fingerprint density at radius 2 is 2.19 bits per heavy atom. The summed E-state index contributed by atoms with van der Waals surface area (Å²) < 4.78 is 15.7. The van der Waals surface area contributed by atoms with Gasteiger partial charge in [0.05, 0.1) is 16.9 Å². The van der Waals surface area contributed by atoms with E-state index in [9.17, 15) is 19.1 Å². The van der Waals surface area contributed by atoms with Gasteiger partial charge >= 0.3 is 0 Å². The lowest BCUT2D eigenvalue weighted by atomic mass is 9.92. The summed E-state index contributed by atoms with van der Waals surface area (Å²) in [7, 11) is 0. The van der Waals surface area contributed by atoms with Crippen molar-refractivity contribution in [3.8, 4) is 0 Å². The Kier molecular flexibility index (Phi) is 5.35. The maximum Gasteiger partial charge on any atom is 0.266 e. The van der Waals surface area contributed by atoms with Crippen molar-refractivity contribution in [3.05, 3.63) is 47.0 Å². The van der Waals surface area contributed by atoms with Gasteiger partial charge in [-0.2, -0.15) is 5.10 Å². The van der Waals surface area contributed by atoms with Gasteiger partial charge < -0.3 is 10.0 Å². The number of anilines is 1. The Balaban J connectivity index is 1.71. The van der Waals surface area contributed by atoms with Crippen LogP contribution in [0.1, 0.15) is 38.3 Å². The summed E-state index contributed by atoms with van der Waals surface area (Å²) in [6.07, 6.45) is 3.15. The highest BCUT2D eigenvalue weighted by Crippen LogP contribution is 2.30. The fourth-order valence-corrected chi connectivity index (χ4v) is 3.35. The van der Waals surface area contributed by atoms with E-state index in [0.29, 0.717) is 5.69 Å². The van der Waals surface area contributed by atoms with Crippen molar-refractivity contribution in [3.63, 3.8) is 0 Å². The van der Waals surface area contributed by atoms with E-state index >= 15 is 0 Å². The van der Waals surface area contributed by atoms with Crippen LogP contribution in [0.25, 0.3) is 0 Å². The van der Waals surface area contributed by atoms with E-state index in [2.05, 4.69) is 5.10 Å². The van der Waals surface area contributed by atoms with Gasteiger partial charge in [-0.15, -0.1) is 0 Å². The molecular formula is C19H21ClFN3O3. The van der Waals surface area contributed by atoms with Crippen molar-refractivity contribution >= 4 is 29.0 Å². The second-order valence-corrected chi connectivity index (χ2v) is 7.38. The van der Waals surface area contributed by atoms with Crippen LogP contribution in [-0.4, -0.2) is 38.7 Å². The Bertz CT molecular complexity index is 883. The highest BCUT2D eigenvalue weighted by Gasteiger charge is 2.51. The molecule has 1 fully saturated rings. The Morgan fingerprint density at radius 3 is 2.85 bits per heavy atom. The first-order valence-electron chi connectivity index (χ1n) is 8.78. The summed E-state index contributed by atoms with van der Waals surface area (Å²) in [6.45, 7) is 4.13. The first-order chi connectivity index (χ1) is 12.7. The highest BCUT2D eigenvalue weighted by atomic mass is 35.5. The molecule has 1 atom stereocenters. The molecule has 1 saturated heterocycles. The first-order valence-corrected chi connectivity index (χ1v) is 9.16. The van der Waals surface area contributed by atoms with Crippen LogP contribution in [0.5, 0.6) is 0 Å². The molecule has 0 aliphatic carbocycles. The second kappa shape index (κ2) is 7.40. The number of benzene rings is 1. The van der Waals surface area contributed by atoms with Crippen molar-refractivity contribution < 1.29 is 19.1 Å². The predicted octanol–water partition coefficient (Wildman–Crippen LogP) is 2.93. The molecule has 2 heterocycles. The maximum atomic E-state index is 14.0. The third kappa shape index (κ3) is 3.61. The van der Waals surface area contributed by atoms with Crippen LogP contribution >= 0.6 is 11.6 Å². The second-order valence-electron chi connectivity index (χ2n) is 6.98. The Morgan fingerprint density at radius 1 is 1.44 bits per heavy atom. The smallest absolute Gasteiger partial charge is 0.266 e. The molecule has 1 aliphatic rings. The molecule has 1 N–H and O–H groups in total. The van der Waals surface area contributed by atoms with E-state index in [1.54, 1.807) is 16.9 Å². The summed E-state index contributed by atoms with van der Waals surface area (Å²) in [5, 5.41) is 14.8. The molecule has 0 radical (unpaired) electrons. The minimum absolute atomic E-state index is 0.00441. The third-order valence-corrected chi connectivity index (χ3v) is 5.13. The van der Waals surface area contributed by atoms with Crippen LogP contribution in [0.2, 0.25) is 5.02 Å². The van der Waals surface area contributed by atoms with E-state index in [-0.39, 0.29) is 42.4 Å². The van der Waals surface area contributed by atoms with Gasteiger partial charge in [0.1, 0.15) is 5.82 Å². The molecule has 0 saturated carbocycles. The summed E-state index contributed by atoms with van der Waals surface area (Å²) in [5.41, 5.74) is -1.27. The molecular weight excluding hydrogens is 373 g/mol. The van der Waals surface area contributed by atoms with Crippen molar-refractivity contribution in [2.24, 2.45) is 0 Å². The Hall–Kier alpha value is -2.25. The van der Waals surface area contributed by atoms with Crippen molar-refractivity contribution in [2.75, 3.05) is 11.4 Å². The minimum atomic E-state index is -2.09. The van der Waals surface area contributed by atoms with Crippen LogP contribution in [0.15, 0.2) is 30.6 Å². The third-order valence-electron chi connectivity index (χ3n) is 4.84. The number of aromatic nitrogens is 2. The highest BCUT2D eigenvalue weighted by molar-refractivity contribution is 6.30. The lowest BCUT2D eigenvalue weighted by Gasteiger charge is -2.20. The molecule has 6 nitrogen and oxygen atoms in total. The molecule has 0 spiro atoms. The van der Waals surface area contributed by atoms with Gasteiger partial charge in [-0.25, -0.2) is 4.39 Å². The number of amides is 1. The number of nitrogens with zero attached hydrogens (tertiary/aromatic N) is 3. The van der Waals surface area contributed by atoms with Gasteiger partial charge in [-0.1, -0.05) is 23.7 Å². The summed E-state index contributed by atoms with van der Waals surface area (Å²) in [6, 6.07) is 4.67. The molecule has 27 heavy (non-hydrogen) atoms. The lowest BCUT2D eigenvalue weighted by Crippen LogP contribution is -2.47. The van der Waals surface area contributed by atoms with Crippen LogP contribution in [0, 0.1) is 5.82 Å². The van der Waals surface area contributed by atoms with Crippen molar-refractivity contribution in [1.29, 1.82) is 0 Å². The van der Waals surface area contributed by atoms with Gasteiger partial charge in [0.2, 0.25) is 5.60 Å². The van der Waals surface area contributed by atoms with E-state index < -0.39 is 23.1 Å². The SMILES string of the molecule is CC(C)n1cc(N2CC[C@@](O)(C(=O)CCc3cccc(Cl)c3F)C2=O)cn1. The van der Waals surface area contributed by atoms with E-state index in [1.807, 2.05) is 13.8 Å². The monoisotopic (exact) mass is 393 g/mol. The zero-order chi connectivity index (χ0) is 19.8. The van der Waals surface area contributed by atoms with Gasteiger partial charge in [0.25, 0.3) is 5.91 Å². The average Bonchev–Trinajstić information content (AvgIpc) is 3.22. The summed E-state index contributed by atoms with van der Waals surface area (Å²) in [5.74, 6) is -1.87. The minimum Gasteiger partial charge on any atom is -0.373 e. The normalized spacial score (nSPS) is 19.9. The molecule has 1 aromatic heterocycles. The number of aryl methyl sites for hydroxylation is 1. The summed E-state index contributed by atoms with van der Waals surface area (Å²) in [4.78, 5) is 26.6. The first kappa shape index (κ1) is 19.5. The molecule has 8 heteroatoms. The molecule has 144 valence electrons. The van der Waals surface area contributed by atoms with E-state index in [0.717, 1.165) is 0 Å². The molecule has 0 unspecified atom stereocenters. The molecule has 1 aromatic carbocycles. The number of aliphatic hydroxyl groups is 1. The van der Waals surface area contributed by atoms with Gasteiger partial charge in [-0.3, -0.25) is 14.3 Å². The molecule has 0 bridgehead atoms. The number of carbonyl (C=O) groups excluding carboxylic acids is 2. The number of hydrogen-bond acceptors (Lipinski definition) is 4. The zero-order valence-electron chi connectivity index (χ0n) is 15.2. The largest absolute Gasteiger partial charge is 0.373 e. The number of carbonyl (C=O) groups is 2. The number of ketones is 1. The van der Waals surface area contributed by atoms with Gasteiger partial charge in [0.15, 0.2) is 5.78 Å². The standard InChI is InChI=1S/C19H21ClFN3O3/c1-12(2)24-11-14(10-22-24)23-9-8-19(27,18(23)26)16(25)7-6-13-4-3-5-15(20)17(13)21/h3-5,10-12,27H,6-9H2,1-2H3/t19-/m1/s1. The Labute approximate surface area is 161 Å². The van der Waals surface area contributed by atoms with Gasteiger partial charge in [0, 0.05) is 31.6 Å². The number of hydrogen-bond donors (Lipinski definition) is 1. The molecule has 2 aromatic rings. The number of Topliss-reactive ketones (excluding diaryl/α,β-unsaturated/α-hetero) is 1. The molecule has 1 amide bonds. The topological polar surface area (TPSA) is 75.4 Å². The fraction of sp³-hybridized carbons (Fsp3) is 0.421.